The number of hydrogen-bond donors (Lipinski definition) is 0. The van der Waals surface area contributed by atoms with Crippen molar-refractivity contribution < 1.29 is 8.78 Å². The molecule has 0 bridgehead atoms. The van der Waals surface area contributed by atoms with E-state index in [0.29, 0.717) is 0 Å². The normalized spacial score (nSPS) is 19.2. The summed E-state index contributed by atoms with van der Waals surface area (Å²) < 4.78 is 28.7. The lowest BCUT2D eigenvalue weighted by atomic mass is 9.79. The highest BCUT2D eigenvalue weighted by Crippen LogP contribution is 2.42. The topological polar surface area (TPSA) is 23.8 Å². The molecule has 3 aromatic carbocycles. The molecule has 0 fully saturated rings. The second-order valence-electron chi connectivity index (χ2n) is 6.98. The molecule has 1 nitrogen and oxygen atoms in total. The Morgan fingerprint density at radius 2 is 1.85 bits per heavy atom. The second-order valence-corrected chi connectivity index (χ2v) is 6.98. The van der Waals surface area contributed by atoms with Gasteiger partial charge in [0.05, 0.1) is 5.56 Å². The lowest BCUT2D eigenvalue weighted by Gasteiger charge is -2.28. The van der Waals surface area contributed by atoms with E-state index in [1.54, 1.807) is 6.07 Å². The van der Waals surface area contributed by atoms with Crippen LogP contribution in [0.25, 0.3) is 21.9 Å². The first-order valence-electron chi connectivity index (χ1n) is 9.02. The van der Waals surface area contributed by atoms with E-state index in [1.165, 1.54) is 12.1 Å². The first-order valence-corrected chi connectivity index (χ1v) is 9.02. The van der Waals surface area contributed by atoms with Gasteiger partial charge in [-0.25, -0.2) is 8.78 Å². The number of fused-ring (bicyclic) bond motifs is 3. The molecule has 0 saturated heterocycles. The highest BCUT2D eigenvalue weighted by molar-refractivity contribution is 5.91. The van der Waals surface area contributed by atoms with E-state index in [1.807, 2.05) is 43.3 Å². The second kappa shape index (κ2) is 6.53. The van der Waals surface area contributed by atoms with Crippen LogP contribution in [-0.2, 0) is 6.42 Å². The van der Waals surface area contributed by atoms with Gasteiger partial charge in [0.25, 0.3) is 0 Å². The van der Waals surface area contributed by atoms with Crippen LogP contribution >= 0.6 is 0 Å². The van der Waals surface area contributed by atoms with Crippen molar-refractivity contribution in [1.82, 2.24) is 0 Å². The molecule has 0 amide bonds. The number of hydrogen-bond acceptors (Lipinski definition) is 1. The number of halogens is 2. The molecule has 1 aliphatic rings. The summed E-state index contributed by atoms with van der Waals surface area (Å²) in [5.41, 5.74) is 3.60. The van der Waals surface area contributed by atoms with Crippen molar-refractivity contribution in [2.24, 2.45) is 5.92 Å². The predicted octanol–water partition coefficient (Wildman–Crippen LogP) is 6.50. The SMILES string of the molecule is CC[C@H]1CCc2c(ccc3cc(-c4ccc(C#N)c(F)c4)ccc23)[C@@H]1F. The van der Waals surface area contributed by atoms with Gasteiger partial charge in [-0.2, -0.15) is 5.26 Å². The fraction of sp³-hybridized carbons (Fsp3) is 0.261. The molecule has 26 heavy (non-hydrogen) atoms. The quantitative estimate of drug-likeness (QED) is 0.519. The van der Waals surface area contributed by atoms with Crippen LogP contribution in [0.5, 0.6) is 0 Å². The van der Waals surface area contributed by atoms with Gasteiger partial charge < -0.3 is 0 Å². The third-order valence-electron chi connectivity index (χ3n) is 5.59. The van der Waals surface area contributed by atoms with Crippen molar-refractivity contribution in [2.45, 2.75) is 32.4 Å². The van der Waals surface area contributed by atoms with Crippen molar-refractivity contribution in [3.8, 4) is 17.2 Å². The Bertz CT molecular complexity index is 1030. The summed E-state index contributed by atoms with van der Waals surface area (Å²) in [6, 6.07) is 16.3. The Kier molecular flexibility index (Phi) is 4.20. The van der Waals surface area contributed by atoms with E-state index < -0.39 is 12.0 Å². The Balaban J connectivity index is 1.79. The Hall–Kier alpha value is -2.73. The van der Waals surface area contributed by atoms with Gasteiger partial charge >= 0.3 is 0 Å². The zero-order chi connectivity index (χ0) is 18.3. The summed E-state index contributed by atoms with van der Waals surface area (Å²) in [5, 5.41) is 11.0. The minimum absolute atomic E-state index is 0.0445. The number of aryl methyl sites for hydroxylation is 1. The highest BCUT2D eigenvalue weighted by Gasteiger charge is 2.29. The van der Waals surface area contributed by atoms with Gasteiger partial charge in [-0.3, -0.25) is 0 Å². The van der Waals surface area contributed by atoms with E-state index >= 15 is 0 Å². The van der Waals surface area contributed by atoms with Gasteiger partial charge in [0, 0.05) is 0 Å². The molecule has 0 saturated carbocycles. The van der Waals surface area contributed by atoms with Crippen molar-refractivity contribution in [1.29, 1.82) is 5.26 Å². The predicted molar refractivity (Wildman–Crippen MR) is 100 cm³/mol. The third kappa shape index (κ3) is 2.66. The Morgan fingerprint density at radius 1 is 1.08 bits per heavy atom. The van der Waals surface area contributed by atoms with Crippen LogP contribution in [-0.4, -0.2) is 0 Å². The lowest BCUT2D eigenvalue weighted by Crippen LogP contribution is -2.17. The first kappa shape index (κ1) is 16.7. The molecule has 0 N–H and O–H groups in total. The van der Waals surface area contributed by atoms with Crippen LogP contribution in [0.1, 0.15) is 42.6 Å². The summed E-state index contributed by atoms with van der Waals surface area (Å²) >= 11 is 0. The maximum absolute atomic E-state index is 14.8. The molecule has 2 atom stereocenters. The van der Waals surface area contributed by atoms with Crippen LogP contribution in [0.2, 0.25) is 0 Å². The number of nitriles is 1. The molecule has 3 aromatic rings. The first-order chi connectivity index (χ1) is 12.6. The monoisotopic (exact) mass is 347 g/mol. The van der Waals surface area contributed by atoms with Crippen LogP contribution < -0.4 is 0 Å². The summed E-state index contributed by atoms with van der Waals surface area (Å²) in [7, 11) is 0. The molecule has 0 unspecified atom stereocenters. The smallest absolute Gasteiger partial charge is 0.141 e. The van der Waals surface area contributed by atoms with Crippen molar-refractivity contribution in [3.05, 3.63) is 71.0 Å². The fourth-order valence-corrected chi connectivity index (χ4v) is 4.05. The maximum atomic E-state index is 14.8. The van der Waals surface area contributed by atoms with E-state index in [2.05, 4.69) is 0 Å². The molecular formula is C23H19F2N. The van der Waals surface area contributed by atoms with Crippen molar-refractivity contribution in [2.75, 3.05) is 0 Å². The lowest BCUT2D eigenvalue weighted by molar-refractivity contribution is 0.201. The molecule has 0 radical (unpaired) electrons. The Labute approximate surface area is 151 Å². The molecule has 130 valence electrons. The minimum Gasteiger partial charge on any atom is -0.242 e. The summed E-state index contributed by atoms with van der Waals surface area (Å²) in [6.07, 6.45) is 1.76. The van der Waals surface area contributed by atoms with E-state index in [-0.39, 0.29) is 11.5 Å². The molecule has 0 spiro atoms. The van der Waals surface area contributed by atoms with E-state index in [9.17, 15) is 8.78 Å². The fourth-order valence-electron chi connectivity index (χ4n) is 4.05. The molecule has 1 aliphatic carbocycles. The van der Waals surface area contributed by atoms with Crippen LogP contribution in [0.15, 0.2) is 48.5 Å². The Morgan fingerprint density at radius 3 is 2.58 bits per heavy atom. The number of nitrogens with zero attached hydrogens (tertiary/aromatic N) is 1. The zero-order valence-corrected chi connectivity index (χ0v) is 14.6. The summed E-state index contributed by atoms with van der Waals surface area (Å²) in [5.74, 6) is -0.401. The summed E-state index contributed by atoms with van der Waals surface area (Å²) in [6.45, 7) is 2.05. The van der Waals surface area contributed by atoms with E-state index in [0.717, 1.165) is 52.3 Å². The number of alkyl halides is 1. The van der Waals surface area contributed by atoms with Gasteiger partial charge in [-0.1, -0.05) is 43.7 Å². The number of benzene rings is 3. The average Bonchev–Trinajstić information content (AvgIpc) is 2.67. The van der Waals surface area contributed by atoms with Crippen LogP contribution in [0.3, 0.4) is 0 Å². The molecule has 0 heterocycles. The zero-order valence-electron chi connectivity index (χ0n) is 14.6. The van der Waals surface area contributed by atoms with Gasteiger partial charge in [-0.15, -0.1) is 0 Å². The maximum Gasteiger partial charge on any atom is 0.141 e. The van der Waals surface area contributed by atoms with Crippen LogP contribution in [0.4, 0.5) is 8.78 Å². The largest absolute Gasteiger partial charge is 0.242 e. The average molecular weight is 347 g/mol. The molecule has 4 rings (SSSR count). The molecular weight excluding hydrogens is 328 g/mol. The minimum atomic E-state index is -0.888. The van der Waals surface area contributed by atoms with Crippen molar-refractivity contribution in [3.63, 3.8) is 0 Å². The number of rotatable bonds is 2. The van der Waals surface area contributed by atoms with Gasteiger partial charge in [0.1, 0.15) is 18.1 Å². The standard InChI is InChI=1S/C23H19F2N/c1-2-14-5-9-20-19-8-6-15(11-17(19)7-10-21(20)23(14)25)16-3-4-18(13-26)22(24)12-16/h3-4,6-8,10-12,14,23H,2,5,9H2,1H3/t14-,23+/m0/s1. The molecule has 0 aromatic heterocycles. The molecule has 0 aliphatic heterocycles. The van der Waals surface area contributed by atoms with E-state index in [4.69, 9.17) is 5.26 Å². The van der Waals surface area contributed by atoms with Crippen molar-refractivity contribution >= 4 is 10.8 Å². The van der Waals surface area contributed by atoms with Crippen LogP contribution in [0, 0.1) is 23.1 Å². The van der Waals surface area contributed by atoms with Gasteiger partial charge in [-0.05, 0) is 70.0 Å². The molecule has 3 heteroatoms. The highest BCUT2D eigenvalue weighted by atomic mass is 19.1. The van der Waals surface area contributed by atoms with Gasteiger partial charge in [0.2, 0.25) is 0 Å². The van der Waals surface area contributed by atoms with Gasteiger partial charge in [0.15, 0.2) is 0 Å². The third-order valence-corrected chi connectivity index (χ3v) is 5.59. The summed E-state index contributed by atoms with van der Waals surface area (Å²) in [4.78, 5) is 0.